The summed E-state index contributed by atoms with van der Waals surface area (Å²) >= 11 is 0. The standard InChI is InChI=1S/C33H15N9/c34-16-22-25(19-10-4-1-5-11-19)40-31-28(37-22)32-30(39-24(18-36)27(41-32)21-14-8-3-9-15-21)33-29(31)38-23(17-35)26(42-33)20-12-6-2-7-13-20/h1-15H. The molecule has 0 saturated carbocycles. The van der Waals surface area contributed by atoms with Gasteiger partial charge in [-0.3, -0.25) is 0 Å². The number of fused-ring (bicyclic) bond motifs is 6. The Labute approximate surface area is 238 Å². The molecule has 9 nitrogen and oxygen atoms in total. The molecule has 0 amide bonds. The maximum absolute atomic E-state index is 10.1. The highest BCUT2D eigenvalue weighted by molar-refractivity contribution is 6.19. The van der Waals surface area contributed by atoms with E-state index in [0.29, 0.717) is 50.3 Å². The summed E-state index contributed by atoms with van der Waals surface area (Å²) in [6.45, 7) is 0. The van der Waals surface area contributed by atoms with Crippen molar-refractivity contribution >= 4 is 33.1 Å². The first-order valence-electron chi connectivity index (χ1n) is 12.8. The first-order chi connectivity index (χ1) is 20.7. The summed E-state index contributed by atoms with van der Waals surface area (Å²) in [7, 11) is 0. The van der Waals surface area contributed by atoms with Crippen LogP contribution in [0, 0.1) is 34.0 Å². The van der Waals surface area contributed by atoms with Gasteiger partial charge in [-0.05, 0) is 0 Å². The molecule has 42 heavy (non-hydrogen) atoms. The molecule has 0 aliphatic heterocycles. The van der Waals surface area contributed by atoms with E-state index in [-0.39, 0.29) is 33.6 Å². The molecule has 0 aliphatic carbocycles. The van der Waals surface area contributed by atoms with Crippen LogP contribution in [0.3, 0.4) is 0 Å². The number of hydrogen-bond acceptors (Lipinski definition) is 9. The second-order valence-electron chi connectivity index (χ2n) is 9.29. The van der Waals surface area contributed by atoms with Crippen LogP contribution < -0.4 is 0 Å². The van der Waals surface area contributed by atoms with Crippen molar-refractivity contribution in [1.29, 1.82) is 15.8 Å². The average molecular weight is 538 g/mol. The molecule has 0 N–H and O–H groups in total. The van der Waals surface area contributed by atoms with E-state index in [1.807, 2.05) is 91.0 Å². The Balaban J connectivity index is 1.70. The van der Waals surface area contributed by atoms with Crippen molar-refractivity contribution in [2.45, 2.75) is 0 Å². The zero-order chi connectivity index (χ0) is 28.6. The Morgan fingerprint density at radius 1 is 0.333 bits per heavy atom. The molecular formula is C33H15N9. The van der Waals surface area contributed by atoms with E-state index in [2.05, 4.69) is 18.2 Å². The second kappa shape index (κ2) is 9.84. The third-order valence-electron chi connectivity index (χ3n) is 6.82. The lowest BCUT2D eigenvalue weighted by molar-refractivity contribution is 1.20. The minimum atomic E-state index is 0.0937. The third kappa shape index (κ3) is 3.84. The summed E-state index contributed by atoms with van der Waals surface area (Å²) in [5, 5.41) is 30.2. The van der Waals surface area contributed by atoms with Gasteiger partial charge >= 0.3 is 0 Å². The maximum Gasteiger partial charge on any atom is 0.167 e. The van der Waals surface area contributed by atoms with E-state index in [1.165, 1.54) is 0 Å². The normalized spacial score (nSPS) is 10.8. The number of aromatic nitrogens is 6. The van der Waals surface area contributed by atoms with Crippen LogP contribution in [-0.2, 0) is 0 Å². The van der Waals surface area contributed by atoms with E-state index >= 15 is 0 Å². The SMILES string of the molecule is N#Cc1nc2c(nc1-c1ccccc1)c1nc(C#N)c(-c3ccccc3)nc1c1nc(C#N)c(-c3ccccc3)nc21. The predicted octanol–water partition coefficient (Wildman–Crippen LogP) is 6.13. The van der Waals surface area contributed by atoms with E-state index < -0.39 is 0 Å². The third-order valence-corrected chi connectivity index (χ3v) is 6.82. The Kier molecular flexibility index (Phi) is 5.72. The van der Waals surface area contributed by atoms with Gasteiger partial charge in [0.05, 0.1) is 0 Å². The zero-order valence-electron chi connectivity index (χ0n) is 21.7. The molecule has 3 heterocycles. The molecule has 192 valence electrons. The number of benzene rings is 4. The van der Waals surface area contributed by atoms with Crippen LogP contribution in [0.1, 0.15) is 17.1 Å². The fraction of sp³-hybridized carbons (Fsp3) is 0. The molecule has 0 bridgehead atoms. The van der Waals surface area contributed by atoms with E-state index in [9.17, 15) is 15.8 Å². The van der Waals surface area contributed by atoms with Gasteiger partial charge in [0.15, 0.2) is 17.1 Å². The van der Waals surface area contributed by atoms with E-state index in [4.69, 9.17) is 29.9 Å². The van der Waals surface area contributed by atoms with Gasteiger partial charge in [0.25, 0.3) is 0 Å². The largest absolute Gasteiger partial charge is 0.241 e. The van der Waals surface area contributed by atoms with Crippen molar-refractivity contribution in [3.63, 3.8) is 0 Å². The summed E-state index contributed by atoms with van der Waals surface area (Å²) in [6, 6.07) is 34.2. The highest BCUT2D eigenvalue weighted by Gasteiger charge is 2.24. The van der Waals surface area contributed by atoms with Crippen molar-refractivity contribution in [2.75, 3.05) is 0 Å². The van der Waals surface area contributed by atoms with E-state index in [1.54, 1.807) is 0 Å². The first-order valence-corrected chi connectivity index (χ1v) is 12.8. The molecule has 7 aromatic rings. The van der Waals surface area contributed by atoms with Gasteiger partial charge < -0.3 is 0 Å². The number of hydrogen-bond donors (Lipinski definition) is 0. The molecule has 0 aliphatic rings. The lowest BCUT2D eigenvalue weighted by atomic mass is 10.1. The van der Waals surface area contributed by atoms with Crippen molar-refractivity contribution in [2.24, 2.45) is 0 Å². The zero-order valence-corrected chi connectivity index (χ0v) is 21.7. The van der Waals surface area contributed by atoms with Crippen LogP contribution in [0.2, 0.25) is 0 Å². The predicted molar refractivity (Wildman–Crippen MR) is 156 cm³/mol. The van der Waals surface area contributed by atoms with Gasteiger partial charge in [0.2, 0.25) is 0 Å². The average Bonchev–Trinajstić information content (AvgIpc) is 3.07. The van der Waals surface area contributed by atoms with Crippen molar-refractivity contribution in [3.05, 3.63) is 108 Å². The van der Waals surface area contributed by atoms with Gasteiger partial charge in [0.1, 0.15) is 68.4 Å². The summed E-state index contributed by atoms with van der Waals surface area (Å²) < 4.78 is 0. The quantitative estimate of drug-likeness (QED) is 0.242. The van der Waals surface area contributed by atoms with Crippen molar-refractivity contribution in [3.8, 4) is 52.0 Å². The van der Waals surface area contributed by atoms with Crippen LogP contribution in [0.5, 0.6) is 0 Å². The fourth-order valence-electron chi connectivity index (χ4n) is 4.92. The number of rotatable bonds is 3. The second-order valence-corrected chi connectivity index (χ2v) is 9.29. The molecule has 0 radical (unpaired) electrons. The van der Waals surface area contributed by atoms with Gasteiger partial charge in [-0.25, -0.2) is 29.9 Å². The van der Waals surface area contributed by atoms with Crippen LogP contribution in [0.4, 0.5) is 0 Å². The molecule has 4 aromatic carbocycles. The number of nitriles is 3. The molecule has 0 saturated heterocycles. The summed E-state index contributed by atoms with van der Waals surface area (Å²) in [6.07, 6.45) is 0. The lowest BCUT2D eigenvalue weighted by Crippen LogP contribution is -2.05. The van der Waals surface area contributed by atoms with Gasteiger partial charge in [0, 0.05) is 16.7 Å². The fourth-order valence-corrected chi connectivity index (χ4v) is 4.92. The molecule has 0 unspecified atom stereocenters. The summed E-state index contributed by atoms with van der Waals surface area (Å²) in [4.78, 5) is 28.8. The van der Waals surface area contributed by atoms with Crippen LogP contribution >= 0.6 is 0 Å². The smallest absolute Gasteiger partial charge is 0.167 e. The topological polar surface area (TPSA) is 149 Å². The maximum atomic E-state index is 10.1. The minimum Gasteiger partial charge on any atom is -0.241 e. The Bertz CT molecular complexity index is 2020. The van der Waals surface area contributed by atoms with Crippen molar-refractivity contribution < 1.29 is 0 Å². The highest BCUT2D eigenvalue weighted by Crippen LogP contribution is 2.35. The van der Waals surface area contributed by atoms with E-state index in [0.717, 1.165) is 0 Å². The van der Waals surface area contributed by atoms with Crippen LogP contribution in [0.25, 0.3) is 66.9 Å². The molecular weight excluding hydrogens is 522 g/mol. The monoisotopic (exact) mass is 537 g/mol. The minimum absolute atomic E-state index is 0.0937. The molecule has 7 rings (SSSR count). The lowest BCUT2D eigenvalue weighted by Gasteiger charge is -2.13. The molecule has 0 fully saturated rings. The Morgan fingerprint density at radius 2 is 0.571 bits per heavy atom. The highest BCUT2D eigenvalue weighted by atomic mass is 14.9. The van der Waals surface area contributed by atoms with Gasteiger partial charge in [-0.1, -0.05) is 91.0 Å². The first kappa shape index (κ1) is 24.4. The number of nitrogens with zero attached hydrogens (tertiary/aromatic N) is 9. The van der Waals surface area contributed by atoms with Gasteiger partial charge in [-0.15, -0.1) is 0 Å². The summed E-state index contributed by atoms with van der Waals surface area (Å²) in [5.41, 5.74) is 5.23. The Morgan fingerprint density at radius 3 is 0.810 bits per heavy atom. The van der Waals surface area contributed by atoms with Gasteiger partial charge in [-0.2, -0.15) is 15.8 Å². The summed E-state index contributed by atoms with van der Waals surface area (Å²) in [5.74, 6) is 0. The molecule has 0 spiro atoms. The van der Waals surface area contributed by atoms with Crippen molar-refractivity contribution in [1.82, 2.24) is 29.9 Å². The Hall–Kier alpha value is -6.63. The van der Waals surface area contributed by atoms with Crippen LogP contribution in [-0.4, -0.2) is 29.9 Å². The molecule has 3 aromatic heterocycles. The molecule has 9 heteroatoms. The molecule has 0 atom stereocenters. The van der Waals surface area contributed by atoms with Crippen LogP contribution in [0.15, 0.2) is 91.0 Å².